The van der Waals surface area contributed by atoms with Gasteiger partial charge in [-0.05, 0) is 6.92 Å². The van der Waals surface area contributed by atoms with E-state index >= 15 is 0 Å². The number of aliphatic imine (C=N–C) groups is 1. The molecule has 0 fully saturated rings. The van der Waals surface area contributed by atoms with Gasteiger partial charge in [0.15, 0.2) is 5.96 Å². The second-order valence-corrected chi connectivity index (χ2v) is 3.22. The third-order valence-electron chi connectivity index (χ3n) is 1.91. The van der Waals surface area contributed by atoms with Crippen LogP contribution in [0.25, 0.3) is 0 Å². The molecule has 5 nitrogen and oxygen atoms in total. The van der Waals surface area contributed by atoms with Crippen molar-refractivity contribution in [3.05, 3.63) is 18.0 Å². The number of nitrogens with zero attached hydrogens (tertiary/aromatic N) is 3. The molecular formula is C11H16N4O. The van der Waals surface area contributed by atoms with Gasteiger partial charge in [0.2, 0.25) is 0 Å². The Morgan fingerprint density at radius 2 is 2.56 bits per heavy atom. The monoisotopic (exact) mass is 220 g/mol. The first-order valence-electron chi connectivity index (χ1n) is 5.10. The zero-order valence-corrected chi connectivity index (χ0v) is 9.60. The molecule has 0 amide bonds. The van der Waals surface area contributed by atoms with Crippen molar-refractivity contribution >= 4 is 5.96 Å². The maximum Gasteiger partial charge on any atom is 0.194 e. The lowest BCUT2D eigenvalue weighted by molar-refractivity contribution is 0.391. The van der Waals surface area contributed by atoms with Crippen LogP contribution in [0.1, 0.15) is 12.6 Å². The predicted octanol–water partition coefficient (Wildman–Crippen LogP) is 0.705. The van der Waals surface area contributed by atoms with Crippen LogP contribution in [0.2, 0.25) is 0 Å². The van der Waals surface area contributed by atoms with Gasteiger partial charge in [-0.25, -0.2) is 4.99 Å². The van der Waals surface area contributed by atoms with Crippen LogP contribution in [0.15, 0.2) is 21.8 Å². The van der Waals surface area contributed by atoms with Gasteiger partial charge in [-0.2, -0.15) is 0 Å². The molecule has 0 spiro atoms. The molecule has 0 aliphatic heterocycles. The van der Waals surface area contributed by atoms with Crippen molar-refractivity contribution in [2.75, 3.05) is 20.1 Å². The van der Waals surface area contributed by atoms with Gasteiger partial charge in [0.05, 0.1) is 6.54 Å². The average Bonchev–Trinajstić information content (AvgIpc) is 2.76. The van der Waals surface area contributed by atoms with Crippen LogP contribution in [-0.2, 0) is 6.54 Å². The summed E-state index contributed by atoms with van der Waals surface area (Å²) in [6, 6.07) is 1.82. The first kappa shape index (κ1) is 12.1. The third-order valence-corrected chi connectivity index (χ3v) is 1.91. The number of rotatable bonds is 4. The molecule has 0 aromatic carbocycles. The lowest BCUT2D eigenvalue weighted by Gasteiger charge is -2.20. The average molecular weight is 220 g/mol. The van der Waals surface area contributed by atoms with Crippen molar-refractivity contribution in [2.24, 2.45) is 4.99 Å². The SMILES string of the molecule is C#CCN=C(NCC)N(C)Cc1ccon1. The standard InChI is InChI=1S/C11H16N4O/c1-4-7-13-11(12-5-2)15(3)9-10-6-8-16-14-10/h1,6,8H,5,7,9H2,2-3H3,(H,12,13). The number of nitrogens with one attached hydrogen (secondary N) is 1. The Labute approximate surface area is 95.5 Å². The van der Waals surface area contributed by atoms with Crippen molar-refractivity contribution in [1.82, 2.24) is 15.4 Å². The van der Waals surface area contributed by atoms with Crippen LogP contribution in [0.3, 0.4) is 0 Å². The van der Waals surface area contributed by atoms with Crippen LogP contribution < -0.4 is 5.32 Å². The van der Waals surface area contributed by atoms with Crippen molar-refractivity contribution in [1.29, 1.82) is 0 Å². The Hall–Kier alpha value is -1.96. The molecule has 0 aliphatic rings. The van der Waals surface area contributed by atoms with Crippen molar-refractivity contribution in [3.63, 3.8) is 0 Å². The molecule has 0 saturated carbocycles. The predicted molar refractivity (Wildman–Crippen MR) is 62.8 cm³/mol. The summed E-state index contributed by atoms with van der Waals surface area (Å²) in [7, 11) is 1.92. The molecule has 0 atom stereocenters. The number of terminal acetylenes is 1. The van der Waals surface area contributed by atoms with Gasteiger partial charge in [0.25, 0.3) is 0 Å². The first-order chi connectivity index (χ1) is 7.77. The van der Waals surface area contributed by atoms with Crippen LogP contribution in [-0.4, -0.2) is 36.2 Å². The minimum atomic E-state index is 0.367. The van der Waals surface area contributed by atoms with Crippen molar-refractivity contribution in [3.8, 4) is 12.3 Å². The van der Waals surface area contributed by atoms with Crippen LogP contribution >= 0.6 is 0 Å². The summed E-state index contributed by atoms with van der Waals surface area (Å²) in [5.74, 6) is 3.25. The number of hydrogen-bond donors (Lipinski definition) is 1. The number of hydrogen-bond acceptors (Lipinski definition) is 3. The van der Waals surface area contributed by atoms with Gasteiger partial charge >= 0.3 is 0 Å². The molecule has 0 unspecified atom stereocenters. The van der Waals surface area contributed by atoms with E-state index in [-0.39, 0.29) is 0 Å². The fourth-order valence-corrected chi connectivity index (χ4v) is 1.23. The Morgan fingerprint density at radius 1 is 1.75 bits per heavy atom. The molecule has 1 rings (SSSR count). The van der Waals surface area contributed by atoms with E-state index in [1.54, 1.807) is 6.26 Å². The molecule has 1 heterocycles. The fraction of sp³-hybridized carbons (Fsp3) is 0.455. The quantitative estimate of drug-likeness (QED) is 0.461. The van der Waals surface area contributed by atoms with Gasteiger partial charge in [0.1, 0.15) is 18.5 Å². The summed E-state index contributed by atoms with van der Waals surface area (Å²) >= 11 is 0. The summed E-state index contributed by atoms with van der Waals surface area (Å²) in [6.45, 7) is 3.81. The topological polar surface area (TPSA) is 53.7 Å². The third kappa shape index (κ3) is 3.65. The van der Waals surface area contributed by atoms with Gasteiger partial charge in [0, 0.05) is 19.7 Å². The van der Waals surface area contributed by atoms with Crippen LogP contribution in [0.4, 0.5) is 0 Å². The lowest BCUT2D eigenvalue weighted by Crippen LogP contribution is -2.38. The molecule has 1 aromatic rings. The zero-order chi connectivity index (χ0) is 11.8. The number of guanidine groups is 1. The highest BCUT2D eigenvalue weighted by atomic mass is 16.5. The summed E-state index contributed by atoms with van der Waals surface area (Å²) in [5, 5.41) is 6.99. The van der Waals surface area contributed by atoms with Gasteiger partial charge < -0.3 is 14.7 Å². The maximum absolute atomic E-state index is 5.18. The minimum Gasteiger partial charge on any atom is -0.364 e. The van der Waals surface area contributed by atoms with Crippen LogP contribution in [0.5, 0.6) is 0 Å². The molecular weight excluding hydrogens is 204 g/mol. The molecule has 0 bridgehead atoms. The van der Waals surface area contributed by atoms with Gasteiger partial charge in [-0.3, -0.25) is 0 Å². The molecule has 5 heteroatoms. The van der Waals surface area contributed by atoms with Crippen molar-refractivity contribution in [2.45, 2.75) is 13.5 Å². The minimum absolute atomic E-state index is 0.367. The second-order valence-electron chi connectivity index (χ2n) is 3.22. The summed E-state index contributed by atoms with van der Waals surface area (Å²) in [4.78, 5) is 6.19. The smallest absolute Gasteiger partial charge is 0.194 e. The highest BCUT2D eigenvalue weighted by molar-refractivity contribution is 5.79. The molecule has 0 radical (unpaired) electrons. The zero-order valence-electron chi connectivity index (χ0n) is 9.60. The Kier molecular flexibility index (Phi) is 4.93. The highest BCUT2D eigenvalue weighted by Crippen LogP contribution is 1.99. The second kappa shape index (κ2) is 6.51. The van der Waals surface area contributed by atoms with E-state index in [9.17, 15) is 0 Å². The largest absolute Gasteiger partial charge is 0.364 e. The Morgan fingerprint density at radius 3 is 3.12 bits per heavy atom. The molecule has 1 aromatic heterocycles. The van der Waals surface area contributed by atoms with E-state index in [4.69, 9.17) is 10.9 Å². The Balaban J connectivity index is 2.60. The highest BCUT2D eigenvalue weighted by Gasteiger charge is 2.07. The summed E-state index contributed by atoms with van der Waals surface area (Å²) in [6.07, 6.45) is 6.73. The molecule has 86 valence electrons. The van der Waals surface area contributed by atoms with E-state index in [1.807, 2.05) is 24.9 Å². The lowest BCUT2D eigenvalue weighted by atomic mass is 10.4. The van der Waals surface area contributed by atoms with E-state index < -0.39 is 0 Å². The summed E-state index contributed by atoms with van der Waals surface area (Å²) < 4.78 is 4.77. The summed E-state index contributed by atoms with van der Waals surface area (Å²) in [5.41, 5.74) is 0.855. The van der Waals surface area contributed by atoms with Gasteiger partial charge in [-0.1, -0.05) is 11.1 Å². The Bertz CT molecular complexity index is 364. The maximum atomic E-state index is 5.18. The van der Waals surface area contributed by atoms with Crippen molar-refractivity contribution < 1.29 is 4.52 Å². The number of aromatic nitrogens is 1. The van der Waals surface area contributed by atoms with E-state index in [1.165, 1.54) is 0 Å². The molecule has 1 N–H and O–H groups in total. The molecule has 0 aliphatic carbocycles. The van der Waals surface area contributed by atoms with E-state index in [0.717, 1.165) is 18.2 Å². The van der Waals surface area contributed by atoms with E-state index in [0.29, 0.717) is 13.1 Å². The normalized spacial score (nSPS) is 10.9. The first-order valence-corrected chi connectivity index (χ1v) is 5.10. The molecule has 16 heavy (non-hydrogen) atoms. The van der Waals surface area contributed by atoms with Crippen LogP contribution in [0, 0.1) is 12.3 Å². The molecule has 0 saturated heterocycles. The van der Waals surface area contributed by atoms with E-state index in [2.05, 4.69) is 21.4 Å². The fourth-order valence-electron chi connectivity index (χ4n) is 1.23. The van der Waals surface area contributed by atoms with Gasteiger partial charge in [-0.15, -0.1) is 6.42 Å².